The van der Waals surface area contributed by atoms with Crippen LogP contribution in [0.25, 0.3) is 0 Å². The number of nitrogens with one attached hydrogen (secondary N) is 2. The molecule has 1 amide bonds. The highest BCUT2D eigenvalue weighted by Crippen LogP contribution is 2.09. The molecule has 0 unspecified atom stereocenters. The first-order valence-corrected chi connectivity index (χ1v) is 6.06. The number of nitrogens with zero attached hydrogens (tertiary/aromatic N) is 3. The third-order valence-corrected chi connectivity index (χ3v) is 2.33. The zero-order valence-corrected chi connectivity index (χ0v) is 11.4. The summed E-state index contributed by atoms with van der Waals surface area (Å²) in [5.74, 6) is 1.45. The lowest BCUT2D eigenvalue weighted by atomic mass is 10.3. The molecule has 0 aromatic carbocycles. The molecule has 1 rings (SSSR count). The minimum absolute atomic E-state index is 0.0974. The van der Waals surface area contributed by atoms with Crippen molar-refractivity contribution in [3.63, 3.8) is 0 Å². The highest BCUT2D eigenvalue weighted by Gasteiger charge is 2.04. The molecule has 0 atom stereocenters. The number of rotatable bonds is 6. The fourth-order valence-corrected chi connectivity index (χ4v) is 1.42. The summed E-state index contributed by atoms with van der Waals surface area (Å²) in [7, 11) is 3.50. The van der Waals surface area contributed by atoms with Gasteiger partial charge in [-0.1, -0.05) is 0 Å². The maximum Gasteiger partial charge on any atom is 0.224 e. The van der Waals surface area contributed by atoms with Crippen LogP contribution in [0.4, 0.5) is 11.8 Å². The lowest BCUT2D eigenvalue weighted by molar-refractivity contribution is -0.128. The first-order chi connectivity index (χ1) is 8.52. The van der Waals surface area contributed by atoms with Crippen LogP contribution in [0, 0.1) is 6.92 Å². The molecule has 0 radical (unpaired) electrons. The Labute approximate surface area is 108 Å². The Morgan fingerprint density at radius 3 is 2.67 bits per heavy atom. The van der Waals surface area contributed by atoms with Gasteiger partial charge in [0.2, 0.25) is 11.9 Å². The molecule has 6 nitrogen and oxygen atoms in total. The Morgan fingerprint density at radius 2 is 2.06 bits per heavy atom. The lowest BCUT2D eigenvalue weighted by Crippen LogP contribution is -2.24. The third-order valence-electron chi connectivity index (χ3n) is 2.33. The molecular formula is C12H21N5O. The third kappa shape index (κ3) is 4.57. The highest BCUT2D eigenvalue weighted by atomic mass is 16.2. The number of anilines is 2. The molecule has 0 aliphatic carbocycles. The van der Waals surface area contributed by atoms with Gasteiger partial charge >= 0.3 is 0 Å². The van der Waals surface area contributed by atoms with E-state index >= 15 is 0 Å². The number of hydrogen-bond donors (Lipinski definition) is 2. The van der Waals surface area contributed by atoms with E-state index in [1.807, 2.05) is 19.9 Å². The van der Waals surface area contributed by atoms with E-state index in [0.717, 1.165) is 18.1 Å². The number of hydrogen-bond acceptors (Lipinski definition) is 5. The highest BCUT2D eigenvalue weighted by molar-refractivity contribution is 5.76. The van der Waals surface area contributed by atoms with Crippen molar-refractivity contribution in [2.24, 2.45) is 0 Å². The molecule has 0 spiro atoms. The minimum atomic E-state index is 0.0974. The second-order valence-corrected chi connectivity index (χ2v) is 4.21. The average molecular weight is 251 g/mol. The minimum Gasteiger partial charge on any atom is -0.369 e. The molecule has 18 heavy (non-hydrogen) atoms. The van der Waals surface area contributed by atoms with E-state index in [1.54, 1.807) is 19.0 Å². The molecule has 0 bridgehead atoms. The van der Waals surface area contributed by atoms with Gasteiger partial charge in [0.05, 0.1) is 0 Å². The SMILES string of the molecule is CCNc1nc(C)cc(NCCC(=O)N(C)C)n1. The molecule has 0 saturated carbocycles. The van der Waals surface area contributed by atoms with E-state index in [0.29, 0.717) is 18.9 Å². The van der Waals surface area contributed by atoms with Gasteiger partial charge in [-0.25, -0.2) is 4.98 Å². The van der Waals surface area contributed by atoms with Crippen LogP contribution in [-0.2, 0) is 4.79 Å². The van der Waals surface area contributed by atoms with Crippen molar-refractivity contribution in [1.29, 1.82) is 0 Å². The first-order valence-electron chi connectivity index (χ1n) is 6.06. The summed E-state index contributed by atoms with van der Waals surface area (Å²) < 4.78 is 0. The van der Waals surface area contributed by atoms with Gasteiger partial charge in [0.1, 0.15) is 5.82 Å². The first kappa shape index (κ1) is 14.2. The standard InChI is InChI=1S/C12H21N5O/c1-5-13-12-15-9(2)8-10(16-12)14-7-6-11(18)17(3)4/h8H,5-7H2,1-4H3,(H2,13,14,15,16). The van der Waals surface area contributed by atoms with Crippen LogP contribution < -0.4 is 10.6 Å². The van der Waals surface area contributed by atoms with Gasteiger partial charge in [0.15, 0.2) is 0 Å². The molecule has 0 fully saturated rings. The maximum atomic E-state index is 11.4. The van der Waals surface area contributed by atoms with Crippen LogP contribution in [0.2, 0.25) is 0 Å². The number of amides is 1. The van der Waals surface area contributed by atoms with Crippen LogP contribution in [-0.4, -0.2) is 48.0 Å². The number of carbonyl (C=O) groups is 1. The summed E-state index contributed by atoms with van der Waals surface area (Å²) in [4.78, 5) is 21.6. The smallest absolute Gasteiger partial charge is 0.224 e. The van der Waals surface area contributed by atoms with Gasteiger partial charge in [-0.3, -0.25) is 4.79 Å². The van der Waals surface area contributed by atoms with E-state index in [2.05, 4.69) is 20.6 Å². The number of carbonyl (C=O) groups excluding carboxylic acids is 1. The van der Waals surface area contributed by atoms with E-state index in [9.17, 15) is 4.79 Å². The van der Waals surface area contributed by atoms with Crippen molar-refractivity contribution in [2.45, 2.75) is 20.3 Å². The van der Waals surface area contributed by atoms with Crippen LogP contribution in [0.5, 0.6) is 0 Å². The topological polar surface area (TPSA) is 70.2 Å². The molecule has 1 heterocycles. The summed E-state index contributed by atoms with van der Waals surface area (Å²) >= 11 is 0. The Kier molecular flexibility index (Phi) is 5.35. The monoisotopic (exact) mass is 251 g/mol. The average Bonchev–Trinajstić information content (AvgIpc) is 2.28. The molecule has 0 aliphatic heterocycles. The molecule has 6 heteroatoms. The van der Waals surface area contributed by atoms with Crippen LogP contribution in [0.1, 0.15) is 19.0 Å². The molecule has 0 aliphatic rings. The fraction of sp³-hybridized carbons (Fsp3) is 0.583. The van der Waals surface area contributed by atoms with E-state index in [-0.39, 0.29) is 5.91 Å². The van der Waals surface area contributed by atoms with Crippen molar-refractivity contribution in [3.05, 3.63) is 11.8 Å². The molecule has 0 saturated heterocycles. The molecule has 2 N–H and O–H groups in total. The van der Waals surface area contributed by atoms with Gasteiger partial charge in [-0.2, -0.15) is 4.98 Å². The van der Waals surface area contributed by atoms with Crippen molar-refractivity contribution in [3.8, 4) is 0 Å². The lowest BCUT2D eigenvalue weighted by Gasteiger charge is -2.11. The van der Waals surface area contributed by atoms with Crippen molar-refractivity contribution < 1.29 is 4.79 Å². The van der Waals surface area contributed by atoms with Crippen molar-refractivity contribution in [1.82, 2.24) is 14.9 Å². The predicted molar refractivity (Wildman–Crippen MR) is 72.7 cm³/mol. The van der Waals surface area contributed by atoms with Crippen LogP contribution in [0.15, 0.2) is 6.07 Å². The zero-order chi connectivity index (χ0) is 13.5. The molecule has 1 aromatic heterocycles. The van der Waals surface area contributed by atoms with E-state index < -0.39 is 0 Å². The Balaban J connectivity index is 2.54. The maximum absolute atomic E-state index is 11.4. The fourth-order valence-electron chi connectivity index (χ4n) is 1.42. The van der Waals surface area contributed by atoms with Gasteiger partial charge in [-0.15, -0.1) is 0 Å². The normalized spacial score (nSPS) is 10.0. The van der Waals surface area contributed by atoms with Gasteiger partial charge in [0, 0.05) is 45.4 Å². The summed E-state index contributed by atoms with van der Waals surface area (Å²) in [5.41, 5.74) is 0.891. The van der Waals surface area contributed by atoms with Crippen LogP contribution >= 0.6 is 0 Å². The van der Waals surface area contributed by atoms with Crippen molar-refractivity contribution >= 4 is 17.7 Å². The van der Waals surface area contributed by atoms with E-state index in [1.165, 1.54) is 0 Å². The molecule has 1 aromatic rings. The largest absolute Gasteiger partial charge is 0.369 e. The second kappa shape index (κ2) is 6.78. The number of aryl methyl sites for hydroxylation is 1. The predicted octanol–water partition coefficient (Wildman–Crippen LogP) is 1.11. The summed E-state index contributed by atoms with van der Waals surface area (Å²) in [6.07, 6.45) is 0.451. The second-order valence-electron chi connectivity index (χ2n) is 4.21. The Hall–Kier alpha value is -1.85. The van der Waals surface area contributed by atoms with Gasteiger partial charge in [0.25, 0.3) is 0 Å². The van der Waals surface area contributed by atoms with Gasteiger partial charge in [-0.05, 0) is 13.8 Å². The summed E-state index contributed by atoms with van der Waals surface area (Å²) in [5, 5.41) is 6.20. The zero-order valence-electron chi connectivity index (χ0n) is 11.4. The summed E-state index contributed by atoms with van der Waals surface area (Å²) in [6, 6.07) is 1.86. The quantitative estimate of drug-likeness (QED) is 0.792. The van der Waals surface area contributed by atoms with Crippen molar-refractivity contribution in [2.75, 3.05) is 37.8 Å². The Morgan fingerprint density at radius 1 is 1.33 bits per heavy atom. The van der Waals surface area contributed by atoms with Gasteiger partial charge < -0.3 is 15.5 Å². The van der Waals surface area contributed by atoms with Crippen LogP contribution in [0.3, 0.4) is 0 Å². The van der Waals surface area contributed by atoms with E-state index in [4.69, 9.17) is 0 Å². The Bertz CT molecular complexity index is 405. The molecular weight excluding hydrogens is 230 g/mol. The number of aromatic nitrogens is 2. The molecule has 100 valence electrons. The summed E-state index contributed by atoms with van der Waals surface area (Å²) in [6.45, 7) is 5.26.